The minimum absolute atomic E-state index is 0.169. The maximum Gasteiger partial charge on any atom is 0.340 e. The van der Waals surface area contributed by atoms with Crippen molar-refractivity contribution >= 4 is 26.2 Å². The van der Waals surface area contributed by atoms with E-state index in [2.05, 4.69) is 0 Å². The molecule has 32 heavy (non-hydrogen) atoms. The Morgan fingerprint density at radius 3 is 1.75 bits per heavy atom. The van der Waals surface area contributed by atoms with Gasteiger partial charge >= 0.3 is 5.97 Å². The lowest BCUT2D eigenvalue weighted by Gasteiger charge is -2.18. The summed E-state index contributed by atoms with van der Waals surface area (Å²) in [6.45, 7) is 3.55. The van der Waals surface area contributed by atoms with Gasteiger partial charge in [0.05, 0.1) is 9.79 Å². The first-order valence-corrected chi connectivity index (χ1v) is 12.3. The van der Waals surface area contributed by atoms with Gasteiger partial charge in [-0.3, -0.25) is 4.18 Å². The molecule has 2 saturated heterocycles. The van der Waals surface area contributed by atoms with E-state index in [0.29, 0.717) is 0 Å². The second kappa shape index (κ2) is 8.21. The van der Waals surface area contributed by atoms with E-state index in [-0.39, 0.29) is 9.79 Å². The van der Waals surface area contributed by atoms with Gasteiger partial charge in [-0.15, -0.1) is 0 Å². The molecule has 5 atom stereocenters. The molecule has 1 unspecified atom stereocenters. The fraction of sp³-hybridized carbons (Fsp3) is 0.350. The van der Waals surface area contributed by atoms with E-state index in [0.717, 1.165) is 11.1 Å². The molecule has 2 aliphatic heterocycles. The number of aliphatic hydroxyl groups is 1. The maximum atomic E-state index is 12.6. The van der Waals surface area contributed by atoms with Gasteiger partial charge in [0, 0.05) is 0 Å². The van der Waals surface area contributed by atoms with Gasteiger partial charge in [-0.1, -0.05) is 35.4 Å². The summed E-state index contributed by atoms with van der Waals surface area (Å²) in [5.41, 5.74) is 1.65. The molecule has 10 nitrogen and oxygen atoms in total. The molecule has 2 heterocycles. The SMILES string of the molecule is Cc1ccc(S(=O)(=O)O[C@@H]2C(=O)O[C@H]3[C@@H]2OC(O)[C@@H]3OS(=O)(=O)c2ccc(C)cc2)cc1. The fourth-order valence-corrected chi connectivity index (χ4v) is 5.50. The minimum atomic E-state index is -4.37. The molecule has 0 radical (unpaired) electrons. The highest BCUT2D eigenvalue weighted by Gasteiger charge is 2.60. The van der Waals surface area contributed by atoms with Gasteiger partial charge in [0.1, 0.15) is 6.10 Å². The van der Waals surface area contributed by atoms with Crippen molar-refractivity contribution in [2.75, 3.05) is 0 Å². The van der Waals surface area contributed by atoms with Crippen LogP contribution in [0.15, 0.2) is 58.3 Å². The summed E-state index contributed by atoms with van der Waals surface area (Å²) in [7, 11) is -8.71. The zero-order valence-corrected chi connectivity index (χ0v) is 18.6. The highest BCUT2D eigenvalue weighted by molar-refractivity contribution is 7.87. The number of fused-ring (bicyclic) bond motifs is 1. The van der Waals surface area contributed by atoms with E-state index in [1.54, 1.807) is 38.1 Å². The van der Waals surface area contributed by atoms with Gasteiger partial charge in [0.25, 0.3) is 20.2 Å². The van der Waals surface area contributed by atoms with Crippen LogP contribution >= 0.6 is 0 Å². The molecular weight excluding hydrogens is 464 g/mol. The van der Waals surface area contributed by atoms with Crippen molar-refractivity contribution in [2.45, 2.75) is 54.3 Å². The van der Waals surface area contributed by atoms with E-state index in [9.17, 15) is 26.7 Å². The number of esters is 1. The van der Waals surface area contributed by atoms with Crippen LogP contribution in [-0.2, 0) is 42.9 Å². The largest absolute Gasteiger partial charge is 0.454 e. The number of hydrogen-bond donors (Lipinski definition) is 1. The number of aryl methyl sites for hydroxylation is 2. The molecule has 2 aliphatic rings. The quantitative estimate of drug-likeness (QED) is 0.462. The Hall–Kier alpha value is -2.35. The predicted octanol–water partition coefficient (Wildman–Crippen LogP) is 0.794. The molecule has 1 N–H and O–H groups in total. The van der Waals surface area contributed by atoms with Gasteiger partial charge < -0.3 is 14.6 Å². The van der Waals surface area contributed by atoms with E-state index in [1.807, 2.05) is 0 Å². The first-order chi connectivity index (χ1) is 15.0. The summed E-state index contributed by atoms with van der Waals surface area (Å²) in [6, 6.07) is 11.5. The number of aliphatic hydroxyl groups excluding tert-OH is 1. The van der Waals surface area contributed by atoms with E-state index in [4.69, 9.17) is 17.8 Å². The summed E-state index contributed by atoms with van der Waals surface area (Å²) >= 11 is 0. The van der Waals surface area contributed by atoms with Gasteiger partial charge in [0.2, 0.25) is 6.10 Å². The second-order valence-corrected chi connectivity index (χ2v) is 10.6. The summed E-state index contributed by atoms with van der Waals surface area (Å²) in [4.78, 5) is 11.9. The van der Waals surface area contributed by atoms with Crippen LogP contribution in [0.5, 0.6) is 0 Å². The Morgan fingerprint density at radius 1 is 0.781 bits per heavy atom. The number of benzene rings is 2. The van der Waals surface area contributed by atoms with Crippen LogP contribution < -0.4 is 0 Å². The molecule has 2 aromatic rings. The summed E-state index contributed by atoms with van der Waals surface area (Å²) in [6.07, 6.45) is -7.93. The number of carbonyl (C=O) groups excluding carboxylic acids is 1. The molecule has 0 aliphatic carbocycles. The minimum Gasteiger partial charge on any atom is -0.454 e. The lowest BCUT2D eigenvalue weighted by Crippen LogP contribution is -2.37. The molecule has 0 spiro atoms. The maximum absolute atomic E-state index is 12.6. The smallest absolute Gasteiger partial charge is 0.340 e. The Morgan fingerprint density at radius 2 is 1.25 bits per heavy atom. The van der Waals surface area contributed by atoms with Gasteiger partial charge in [-0.25, -0.2) is 8.98 Å². The normalized spacial score (nSPS) is 27.8. The standard InChI is InChI=1S/C20H20O10S2/c1-11-3-7-13(8-4-11)31(23,24)29-17-15-16(28-19(17)21)18(20(22)27-15)30-32(25,26)14-9-5-12(2)6-10-14/h3-10,15-19,21H,1-2H3/t15-,16-,17+,18-,19?/m0/s1. The summed E-state index contributed by atoms with van der Waals surface area (Å²) < 4.78 is 70.7. The average molecular weight is 485 g/mol. The van der Waals surface area contributed by atoms with Crippen molar-refractivity contribution in [3.63, 3.8) is 0 Å². The number of ether oxygens (including phenoxy) is 2. The molecule has 0 amide bonds. The Balaban J connectivity index is 1.53. The van der Waals surface area contributed by atoms with Crippen LogP contribution in [0, 0.1) is 13.8 Å². The molecule has 2 fully saturated rings. The van der Waals surface area contributed by atoms with Gasteiger partial charge in [-0.05, 0) is 38.1 Å². The monoisotopic (exact) mass is 484 g/mol. The van der Waals surface area contributed by atoms with Crippen molar-refractivity contribution in [1.82, 2.24) is 0 Å². The van der Waals surface area contributed by atoms with E-state index >= 15 is 0 Å². The molecule has 2 aromatic carbocycles. The van der Waals surface area contributed by atoms with Crippen molar-refractivity contribution in [1.29, 1.82) is 0 Å². The molecule has 4 rings (SSSR count). The van der Waals surface area contributed by atoms with Crippen molar-refractivity contribution in [3.05, 3.63) is 59.7 Å². The fourth-order valence-electron chi connectivity index (χ4n) is 3.38. The number of hydrogen-bond acceptors (Lipinski definition) is 10. The zero-order valence-electron chi connectivity index (χ0n) is 16.9. The van der Waals surface area contributed by atoms with Gasteiger partial charge in [0.15, 0.2) is 18.5 Å². The first kappa shape index (κ1) is 22.8. The Labute approximate surface area is 184 Å². The third kappa shape index (κ3) is 4.29. The van der Waals surface area contributed by atoms with Crippen LogP contribution in [0.2, 0.25) is 0 Å². The lowest BCUT2D eigenvalue weighted by atomic mass is 10.1. The van der Waals surface area contributed by atoms with Crippen LogP contribution in [0.1, 0.15) is 11.1 Å². The van der Waals surface area contributed by atoms with Crippen LogP contribution in [0.25, 0.3) is 0 Å². The molecule has 0 saturated carbocycles. The lowest BCUT2D eigenvalue weighted by molar-refractivity contribution is -0.162. The number of carbonyl (C=O) groups is 1. The molecule has 12 heteroatoms. The summed E-state index contributed by atoms with van der Waals surface area (Å²) in [5, 5.41) is 10.2. The van der Waals surface area contributed by atoms with Crippen molar-refractivity contribution in [3.8, 4) is 0 Å². The molecule has 172 valence electrons. The van der Waals surface area contributed by atoms with Crippen LogP contribution in [0.3, 0.4) is 0 Å². The van der Waals surface area contributed by atoms with Gasteiger partial charge in [-0.2, -0.15) is 16.8 Å². The predicted molar refractivity (Wildman–Crippen MR) is 107 cm³/mol. The van der Waals surface area contributed by atoms with Crippen molar-refractivity contribution in [2.24, 2.45) is 0 Å². The van der Waals surface area contributed by atoms with Crippen LogP contribution in [-0.4, -0.2) is 58.6 Å². The average Bonchev–Trinajstić information content (AvgIpc) is 3.17. The molecular formula is C20H20O10S2. The highest BCUT2D eigenvalue weighted by atomic mass is 32.2. The number of rotatable bonds is 6. The Bertz CT molecular complexity index is 1220. The summed E-state index contributed by atoms with van der Waals surface area (Å²) in [5.74, 6) is -1.08. The highest BCUT2D eigenvalue weighted by Crippen LogP contribution is 2.37. The Kier molecular flexibility index (Phi) is 5.86. The third-order valence-corrected chi connectivity index (χ3v) is 7.73. The van der Waals surface area contributed by atoms with Crippen LogP contribution in [0.4, 0.5) is 0 Å². The zero-order chi connectivity index (χ0) is 23.3. The van der Waals surface area contributed by atoms with Crippen molar-refractivity contribution < 1.29 is 44.6 Å². The van der Waals surface area contributed by atoms with E-state index in [1.165, 1.54) is 24.3 Å². The first-order valence-electron chi connectivity index (χ1n) is 9.52. The third-order valence-electron chi connectivity index (χ3n) is 5.10. The van der Waals surface area contributed by atoms with E-state index < -0.39 is 56.9 Å². The topological polar surface area (TPSA) is 142 Å². The second-order valence-electron chi connectivity index (χ2n) is 7.50. The molecule has 0 aromatic heterocycles. The molecule has 0 bridgehead atoms.